The van der Waals surface area contributed by atoms with Crippen molar-refractivity contribution in [1.29, 1.82) is 5.26 Å². The van der Waals surface area contributed by atoms with Gasteiger partial charge >= 0.3 is 59.1 Å². The third-order valence-corrected chi connectivity index (χ3v) is 4.26. The molecule has 0 bridgehead atoms. The number of aromatic hydroxyl groups is 1. The van der Waals surface area contributed by atoms with E-state index in [4.69, 9.17) is 0 Å². The normalized spacial score (nSPS) is 10.2. The Morgan fingerprint density at radius 2 is 2.03 bits per heavy atom. The van der Waals surface area contributed by atoms with Gasteiger partial charge in [0.05, 0.1) is 23.7 Å². The summed E-state index contributed by atoms with van der Waals surface area (Å²) in [5.74, 6) is -2.06. The molecule has 14 heteroatoms. The molecule has 11 nitrogen and oxygen atoms in total. The van der Waals surface area contributed by atoms with Crippen LogP contribution in [0.3, 0.4) is 0 Å². The van der Waals surface area contributed by atoms with Crippen molar-refractivity contribution < 1.29 is 88.8 Å². The van der Waals surface area contributed by atoms with Gasteiger partial charge in [-0.1, -0.05) is 0 Å². The van der Waals surface area contributed by atoms with Crippen LogP contribution in [0.1, 0.15) is 28.4 Å². The van der Waals surface area contributed by atoms with Gasteiger partial charge in [-0.05, 0) is 32.0 Å². The summed E-state index contributed by atoms with van der Waals surface area (Å²) in [6.45, 7) is 3.09. The molecular weight excluding hydrogens is 438 g/mol. The maximum atomic E-state index is 12.5. The fourth-order valence-corrected chi connectivity index (χ4v) is 2.72. The number of benzene rings is 1. The van der Waals surface area contributed by atoms with Crippen molar-refractivity contribution in [3.63, 3.8) is 0 Å². The molecule has 0 fully saturated rings. The summed E-state index contributed by atoms with van der Waals surface area (Å²) in [5.41, 5.74) is -1.47. The zero-order valence-electron chi connectivity index (χ0n) is 16.5. The number of aromatic carboxylic acids is 1. The topological polar surface area (TPSA) is 172 Å². The van der Waals surface area contributed by atoms with Crippen LogP contribution in [0.2, 0.25) is 0 Å². The number of pyridine rings is 1. The van der Waals surface area contributed by atoms with E-state index in [9.17, 15) is 30.3 Å². The van der Waals surface area contributed by atoms with Crippen molar-refractivity contribution in [2.24, 2.45) is 10.2 Å². The predicted octanol–water partition coefficient (Wildman–Crippen LogP) is -5.23. The van der Waals surface area contributed by atoms with Crippen molar-refractivity contribution in [1.82, 2.24) is 4.57 Å². The van der Waals surface area contributed by atoms with E-state index in [0.717, 1.165) is 10.6 Å². The Morgan fingerprint density at radius 3 is 2.57 bits per heavy atom. The molecule has 0 saturated heterocycles. The van der Waals surface area contributed by atoms with Crippen LogP contribution in [0.25, 0.3) is 0 Å². The summed E-state index contributed by atoms with van der Waals surface area (Å²) >= 11 is 0.476. The summed E-state index contributed by atoms with van der Waals surface area (Å²) in [4.78, 5) is 24.0. The average molecular weight is 450 g/mol. The first-order valence-electron chi connectivity index (χ1n) is 7.62. The standard InChI is InChI=1S/C16H14N4O7S.2Na/c1-3-20-14(21)11(7-17)8(2)13(15(20)22)19-18-12-5-4-9(28-27-26-25)6-10(12)16(23)24;;/h4-6,21,25H,3H2,1-2H3,(H,23,24);;/q;2*+1/p-2. The summed E-state index contributed by atoms with van der Waals surface area (Å²) in [6.07, 6.45) is 0. The molecule has 0 unspecified atom stereocenters. The maximum absolute atomic E-state index is 12.5. The van der Waals surface area contributed by atoms with Crippen molar-refractivity contribution in [2.75, 3.05) is 0 Å². The molecule has 0 saturated carbocycles. The second-order valence-corrected chi connectivity index (χ2v) is 5.99. The first-order chi connectivity index (χ1) is 13.3. The van der Waals surface area contributed by atoms with Crippen molar-refractivity contribution in [2.45, 2.75) is 25.3 Å². The molecule has 0 aliphatic heterocycles. The number of hydrogen-bond donors (Lipinski definition) is 1. The number of carbonyl (C=O) groups excluding carboxylic acids is 1. The number of nitriles is 1. The smallest absolute Gasteiger partial charge is 0.691 e. The van der Waals surface area contributed by atoms with E-state index >= 15 is 0 Å². The van der Waals surface area contributed by atoms with Gasteiger partial charge in [0.1, 0.15) is 11.6 Å². The van der Waals surface area contributed by atoms with Crippen molar-refractivity contribution >= 4 is 29.4 Å². The fourth-order valence-electron chi connectivity index (χ4n) is 2.33. The maximum Gasteiger partial charge on any atom is 1.00 e. The van der Waals surface area contributed by atoms with Crippen LogP contribution in [0.4, 0.5) is 11.4 Å². The van der Waals surface area contributed by atoms with Gasteiger partial charge in [0, 0.05) is 22.6 Å². The number of aromatic nitrogens is 1. The number of nitrogens with zero attached hydrogens (tertiary/aromatic N) is 4. The second-order valence-electron chi connectivity index (χ2n) is 5.22. The largest absolute Gasteiger partial charge is 1.00 e. The van der Waals surface area contributed by atoms with E-state index in [-0.39, 0.29) is 98.6 Å². The third-order valence-electron chi connectivity index (χ3n) is 3.69. The number of hydrogen-bond acceptors (Lipinski definition) is 11. The molecular formula is C16H12N4Na2O7S. The predicted molar refractivity (Wildman–Crippen MR) is 90.5 cm³/mol. The zero-order valence-corrected chi connectivity index (χ0v) is 21.3. The van der Waals surface area contributed by atoms with Gasteiger partial charge < -0.3 is 20.3 Å². The van der Waals surface area contributed by atoms with Crippen LogP contribution in [-0.2, 0) is 15.9 Å². The fraction of sp³-hybridized carbons (Fsp3) is 0.188. The van der Waals surface area contributed by atoms with E-state index in [2.05, 4.69) is 19.6 Å². The molecule has 0 spiro atoms. The van der Waals surface area contributed by atoms with Gasteiger partial charge in [-0.25, -0.2) is 0 Å². The molecule has 30 heavy (non-hydrogen) atoms. The minimum Gasteiger partial charge on any atom is -0.691 e. The average Bonchev–Trinajstić information content (AvgIpc) is 2.67. The Kier molecular flexibility index (Phi) is 12.7. The number of carboxylic acids is 1. The minimum atomic E-state index is -1.58. The number of carbonyl (C=O) groups is 1. The zero-order chi connectivity index (χ0) is 20.8. The molecule has 0 atom stereocenters. The second kappa shape index (κ2) is 13.2. The van der Waals surface area contributed by atoms with Crippen LogP contribution < -0.4 is 75.0 Å². The first kappa shape index (κ1) is 28.8. The summed E-state index contributed by atoms with van der Waals surface area (Å²) in [6, 6.07) is 5.53. The molecule has 1 aromatic carbocycles. The van der Waals surface area contributed by atoms with Crippen LogP contribution >= 0.6 is 12.0 Å². The summed E-state index contributed by atoms with van der Waals surface area (Å²) < 4.78 is 5.06. The monoisotopic (exact) mass is 450 g/mol. The SMILES string of the molecule is CCn1c(O)c(C#N)c(C)c(N=Nc2ccc(SOO[O-])cc2C(=O)[O-])c1=O.[Na+].[Na+]. The summed E-state index contributed by atoms with van der Waals surface area (Å²) in [7, 11) is 0. The Morgan fingerprint density at radius 1 is 1.37 bits per heavy atom. The molecule has 1 aromatic heterocycles. The van der Waals surface area contributed by atoms with Crippen molar-refractivity contribution in [3.05, 3.63) is 45.2 Å². The van der Waals surface area contributed by atoms with E-state index in [0.29, 0.717) is 12.0 Å². The molecule has 0 amide bonds. The van der Waals surface area contributed by atoms with Crippen LogP contribution in [-0.4, -0.2) is 15.6 Å². The number of carboxylic acid groups (broad SMARTS) is 1. The molecule has 146 valence electrons. The molecule has 2 aromatic rings. The van der Waals surface area contributed by atoms with Crippen LogP contribution in [0.5, 0.6) is 5.88 Å². The first-order valence-corrected chi connectivity index (χ1v) is 8.36. The van der Waals surface area contributed by atoms with E-state index < -0.39 is 17.4 Å². The van der Waals surface area contributed by atoms with Gasteiger partial charge in [0.2, 0.25) is 5.88 Å². The van der Waals surface area contributed by atoms with Gasteiger partial charge in [-0.3, -0.25) is 14.4 Å². The Hall–Kier alpha value is -1.24. The van der Waals surface area contributed by atoms with Gasteiger partial charge in [0.25, 0.3) is 5.56 Å². The third kappa shape index (κ3) is 6.38. The molecule has 1 N–H and O–H groups in total. The van der Waals surface area contributed by atoms with Gasteiger partial charge in [-0.2, -0.15) is 9.60 Å². The minimum absolute atomic E-state index is 0. The molecule has 2 rings (SSSR count). The summed E-state index contributed by atoms with van der Waals surface area (Å²) in [5, 5.41) is 51.2. The van der Waals surface area contributed by atoms with Crippen LogP contribution in [0, 0.1) is 18.3 Å². The number of rotatable bonds is 7. The molecule has 1 heterocycles. The molecule has 0 aliphatic rings. The Balaban J connectivity index is 0.00000420. The van der Waals surface area contributed by atoms with E-state index in [1.165, 1.54) is 19.1 Å². The van der Waals surface area contributed by atoms with E-state index in [1.807, 2.05) is 0 Å². The van der Waals surface area contributed by atoms with Crippen molar-refractivity contribution in [3.8, 4) is 11.9 Å². The molecule has 0 aliphatic carbocycles. The Labute approximate surface area is 219 Å². The quantitative estimate of drug-likeness (QED) is 0.142. The van der Waals surface area contributed by atoms with Crippen LogP contribution in [0.15, 0.2) is 38.1 Å². The Bertz CT molecular complexity index is 1050. The van der Waals surface area contributed by atoms with E-state index in [1.54, 1.807) is 13.0 Å². The van der Waals surface area contributed by atoms with Gasteiger partial charge in [0.15, 0.2) is 5.69 Å². The van der Waals surface area contributed by atoms with Gasteiger partial charge in [-0.15, -0.1) is 10.2 Å². The number of azo groups is 1. The molecule has 0 radical (unpaired) electrons.